The molecule has 0 fully saturated rings. The number of rotatable bonds is 0. The normalized spacial score (nSPS) is 12.0. The summed E-state index contributed by atoms with van der Waals surface area (Å²) in [7, 11) is 0. The lowest BCUT2D eigenvalue weighted by molar-refractivity contribution is 0.0551. The first-order valence-electron chi connectivity index (χ1n) is 7.24. The zero-order chi connectivity index (χ0) is 16.1. The molecular weight excluding hydrogens is 278 g/mol. The molecule has 1 N–H and O–H groups in total. The summed E-state index contributed by atoms with van der Waals surface area (Å²) in [5.41, 5.74) is 1.62. The maximum atomic E-state index is 12.6. The zero-order valence-electron chi connectivity index (χ0n) is 13.2. The van der Waals surface area contributed by atoms with E-state index in [-0.39, 0.29) is 5.75 Å². The Hall–Kier alpha value is -2.49. The molecular formula is C18H19NO3. The number of carbonyl (C=O) groups excluding carboxylic acids is 1. The predicted octanol–water partition coefficient (Wildman–Crippen LogP) is 4.59. The smallest absolute Gasteiger partial charge is 0.419 e. The number of para-hydroxylation sites is 1. The Morgan fingerprint density at radius 3 is 2.45 bits per heavy atom. The van der Waals surface area contributed by atoms with Gasteiger partial charge in [-0.2, -0.15) is 0 Å². The zero-order valence-corrected chi connectivity index (χ0v) is 13.2. The highest BCUT2D eigenvalue weighted by Crippen LogP contribution is 2.33. The SMILES string of the molecule is Cc1cc2c3ccccc3n(C(=O)OC(C)(C)C)c2cc1O. The number of hydrogen-bond acceptors (Lipinski definition) is 3. The fourth-order valence-corrected chi connectivity index (χ4v) is 2.62. The van der Waals surface area contributed by atoms with Gasteiger partial charge in [0.2, 0.25) is 0 Å². The molecule has 4 nitrogen and oxygen atoms in total. The van der Waals surface area contributed by atoms with E-state index < -0.39 is 11.7 Å². The van der Waals surface area contributed by atoms with Crippen molar-refractivity contribution in [3.63, 3.8) is 0 Å². The summed E-state index contributed by atoms with van der Waals surface area (Å²) in [6, 6.07) is 11.2. The molecule has 0 bridgehead atoms. The molecule has 1 heterocycles. The summed E-state index contributed by atoms with van der Waals surface area (Å²) < 4.78 is 7.03. The van der Waals surface area contributed by atoms with Crippen LogP contribution in [0.25, 0.3) is 21.8 Å². The van der Waals surface area contributed by atoms with Gasteiger partial charge in [0, 0.05) is 16.8 Å². The number of aromatic hydroxyl groups is 1. The van der Waals surface area contributed by atoms with Crippen molar-refractivity contribution in [3.8, 4) is 5.75 Å². The van der Waals surface area contributed by atoms with Gasteiger partial charge in [-0.05, 0) is 45.4 Å². The average molecular weight is 297 g/mol. The van der Waals surface area contributed by atoms with E-state index >= 15 is 0 Å². The lowest BCUT2D eigenvalue weighted by Crippen LogP contribution is -2.27. The molecule has 2 aromatic carbocycles. The molecule has 0 aliphatic rings. The van der Waals surface area contributed by atoms with Crippen molar-refractivity contribution in [1.29, 1.82) is 0 Å². The minimum absolute atomic E-state index is 0.167. The highest BCUT2D eigenvalue weighted by atomic mass is 16.6. The molecule has 0 amide bonds. The maximum Gasteiger partial charge on any atom is 0.419 e. The molecule has 0 saturated heterocycles. The van der Waals surface area contributed by atoms with Crippen LogP contribution < -0.4 is 0 Å². The van der Waals surface area contributed by atoms with E-state index in [0.29, 0.717) is 5.52 Å². The van der Waals surface area contributed by atoms with Crippen LogP contribution in [0.1, 0.15) is 26.3 Å². The monoisotopic (exact) mass is 297 g/mol. The third-order valence-corrected chi connectivity index (χ3v) is 3.57. The summed E-state index contributed by atoms with van der Waals surface area (Å²) in [5.74, 6) is 0.167. The van der Waals surface area contributed by atoms with E-state index in [2.05, 4.69) is 0 Å². The molecule has 0 atom stereocenters. The number of carbonyl (C=O) groups is 1. The van der Waals surface area contributed by atoms with Crippen molar-refractivity contribution in [2.45, 2.75) is 33.3 Å². The molecule has 114 valence electrons. The van der Waals surface area contributed by atoms with Crippen molar-refractivity contribution >= 4 is 27.9 Å². The number of hydrogen-bond donors (Lipinski definition) is 1. The first-order chi connectivity index (χ1) is 10.3. The number of nitrogens with zero attached hydrogens (tertiary/aromatic N) is 1. The van der Waals surface area contributed by atoms with Crippen LogP contribution in [0.15, 0.2) is 36.4 Å². The summed E-state index contributed by atoms with van der Waals surface area (Å²) in [4.78, 5) is 12.6. The van der Waals surface area contributed by atoms with Crippen LogP contribution in [0.5, 0.6) is 5.75 Å². The van der Waals surface area contributed by atoms with Gasteiger partial charge < -0.3 is 9.84 Å². The molecule has 1 aromatic heterocycles. The second-order valence-electron chi connectivity index (χ2n) is 6.49. The van der Waals surface area contributed by atoms with Gasteiger partial charge in [0.15, 0.2) is 0 Å². The quantitative estimate of drug-likeness (QED) is 0.660. The lowest BCUT2D eigenvalue weighted by atomic mass is 10.1. The second-order valence-corrected chi connectivity index (χ2v) is 6.49. The highest BCUT2D eigenvalue weighted by Gasteiger charge is 2.22. The topological polar surface area (TPSA) is 51.5 Å². The van der Waals surface area contributed by atoms with Crippen LogP contribution in [0.4, 0.5) is 4.79 Å². The molecule has 0 spiro atoms. The van der Waals surface area contributed by atoms with E-state index in [1.54, 1.807) is 6.07 Å². The predicted molar refractivity (Wildman–Crippen MR) is 87.5 cm³/mol. The number of aromatic nitrogens is 1. The molecule has 22 heavy (non-hydrogen) atoms. The molecule has 3 aromatic rings. The number of aryl methyl sites for hydroxylation is 1. The highest BCUT2D eigenvalue weighted by molar-refractivity contribution is 6.13. The van der Waals surface area contributed by atoms with Crippen molar-refractivity contribution < 1.29 is 14.6 Å². The fourth-order valence-electron chi connectivity index (χ4n) is 2.62. The Morgan fingerprint density at radius 1 is 1.09 bits per heavy atom. The number of benzene rings is 2. The van der Waals surface area contributed by atoms with Crippen LogP contribution in [0.3, 0.4) is 0 Å². The number of fused-ring (bicyclic) bond motifs is 3. The number of phenolic OH excluding ortho intramolecular Hbond substituents is 1. The van der Waals surface area contributed by atoms with E-state index in [1.165, 1.54) is 4.57 Å². The Morgan fingerprint density at radius 2 is 1.77 bits per heavy atom. The van der Waals surface area contributed by atoms with Gasteiger partial charge >= 0.3 is 6.09 Å². The van der Waals surface area contributed by atoms with Gasteiger partial charge in [0.05, 0.1) is 11.0 Å². The minimum atomic E-state index is -0.582. The number of ether oxygens (including phenoxy) is 1. The summed E-state index contributed by atoms with van der Waals surface area (Å²) >= 11 is 0. The Balaban J connectivity index is 2.35. The van der Waals surface area contributed by atoms with Crippen molar-refractivity contribution in [2.24, 2.45) is 0 Å². The molecule has 0 radical (unpaired) electrons. The lowest BCUT2D eigenvalue weighted by Gasteiger charge is -2.20. The second kappa shape index (κ2) is 4.77. The molecule has 0 unspecified atom stereocenters. The van der Waals surface area contributed by atoms with E-state index in [9.17, 15) is 9.90 Å². The third kappa shape index (κ3) is 2.30. The van der Waals surface area contributed by atoms with Gasteiger partial charge in [0.1, 0.15) is 11.4 Å². The van der Waals surface area contributed by atoms with Crippen LogP contribution in [0, 0.1) is 6.92 Å². The minimum Gasteiger partial charge on any atom is -0.508 e. The summed E-state index contributed by atoms with van der Waals surface area (Å²) in [5, 5.41) is 11.9. The first-order valence-corrected chi connectivity index (χ1v) is 7.24. The van der Waals surface area contributed by atoms with Crippen molar-refractivity contribution in [3.05, 3.63) is 42.0 Å². The first kappa shape index (κ1) is 14.4. The molecule has 0 aliphatic carbocycles. The van der Waals surface area contributed by atoms with Crippen LogP contribution in [-0.4, -0.2) is 21.4 Å². The standard InChI is InChI=1S/C18H19NO3/c1-11-9-13-12-7-5-6-8-14(12)19(15(13)10-16(11)20)17(21)22-18(2,3)4/h5-10,20H,1-4H3. The Labute approximate surface area is 128 Å². The fraction of sp³-hybridized carbons (Fsp3) is 0.278. The van der Waals surface area contributed by atoms with Gasteiger partial charge in [-0.3, -0.25) is 0 Å². The van der Waals surface area contributed by atoms with E-state index in [1.807, 2.05) is 58.0 Å². The van der Waals surface area contributed by atoms with Gasteiger partial charge in [-0.15, -0.1) is 0 Å². The molecule has 4 heteroatoms. The van der Waals surface area contributed by atoms with Crippen LogP contribution in [-0.2, 0) is 4.74 Å². The molecule has 0 saturated carbocycles. The van der Waals surface area contributed by atoms with Gasteiger partial charge in [0.25, 0.3) is 0 Å². The summed E-state index contributed by atoms with van der Waals surface area (Å²) in [6.07, 6.45) is -0.443. The molecule has 0 aliphatic heterocycles. The van der Waals surface area contributed by atoms with Crippen molar-refractivity contribution in [1.82, 2.24) is 4.57 Å². The van der Waals surface area contributed by atoms with E-state index in [0.717, 1.165) is 21.9 Å². The average Bonchev–Trinajstić information content (AvgIpc) is 2.71. The molecule has 3 rings (SSSR count). The van der Waals surface area contributed by atoms with Crippen LogP contribution >= 0.6 is 0 Å². The van der Waals surface area contributed by atoms with Gasteiger partial charge in [-0.25, -0.2) is 9.36 Å². The van der Waals surface area contributed by atoms with E-state index in [4.69, 9.17) is 4.74 Å². The largest absolute Gasteiger partial charge is 0.508 e. The van der Waals surface area contributed by atoms with Crippen LogP contribution in [0.2, 0.25) is 0 Å². The Bertz CT molecular complexity index is 885. The Kier molecular flexibility index (Phi) is 3.13. The number of phenols is 1. The van der Waals surface area contributed by atoms with Crippen molar-refractivity contribution in [2.75, 3.05) is 0 Å². The summed E-state index contributed by atoms with van der Waals surface area (Å²) in [6.45, 7) is 7.34. The van der Waals surface area contributed by atoms with Gasteiger partial charge in [-0.1, -0.05) is 18.2 Å². The maximum absolute atomic E-state index is 12.6. The third-order valence-electron chi connectivity index (χ3n) is 3.57.